The molecule has 0 aliphatic heterocycles. The topological polar surface area (TPSA) is 8.17 Å². The smallest absolute Gasteiger partial charge is 0.0541 e. The summed E-state index contributed by atoms with van der Waals surface area (Å²) < 4.78 is 2.36. The van der Waals surface area contributed by atoms with Crippen LogP contribution in [0.3, 0.4) is 0 Å². The highest BCUT2D eigenvalue weighted by atomic mass is 15.1. The normalized spacial score (nSPS) is 11.8. The van der Waals surface area contributed by atoms with Crippen LogP contribution in [0, 0.1) is 0 Å². The van der Waals surface area contributed by atoms with Crippen LogP contribution in [0.2, 0.25) is 0 Å². The van der Waals surface area contributed by atoms with Crippen molar-refractivity contribution in [2.24, 2.45) is 0 Å². The lowest BCUT2D eigenvalue weighted by Gasteiger charge is -2.26. The van der Waals surface area contributed by atoms with Gasteiger partial charge in [-0.25, -0.2) is 0 Å². The fourth-order valence-corrected chi connectivity index (χ4v) is 6.90. The number of benzene rings is 7. The molecule has 8 rings (SSSR count). The van der Waals surface area contributed by atoms with Gasteiger partial charge in [-0.15, -0.1) is 0 Å². The largest absolute Gasteiger partial charge is 0.311 e. The van der Waals surface area contributed by atoms with Crippen molar-refractivity contribution in [3.05, 3.63) is 200 Å². The molecule has 7 aromatic carbocycles. The molecular formula is C48H38N2. The number of anilines is 3. The maximum absolute atomic E-state index is 2.36. The zero-order valence-corrected chi connectivity index (χ0v) is 28.4. The van der Waals surface area contributed by atoms with E-state index >= 15 is 0 Å². The SMILES string of the molecule is C/C=C\C=C(/C)c1ccc(N(c2ccc(-c3ccccc3)cc2)c2ccc(-c3ccc4c(c3)c3ccccc3n4-c3ccccc3)cc2)cc1. The van der Waals surface area contributed by atoms with E-state index < -0.39 is 0 Å². The lowest BCUT2D eigenvalue weighted by atomic mass is 10.0. The number of para-hydroxylation sites is 2. The number of hydrogen-bond acceptors (Lipinski definition) is 1. The van der Waals surface area contributed by atoms with Gasteiger partial charge in [-0.2, -0.15) is 0 Å². The van der Waals surface area contributed by atoms with E-state index in [1.54, 1.807) is 0 Å². The summed E-state index contributed by atoms with van der Waals surface area (Å²) in [4.78, 5) is 2.34. The average molecular weight is 643 g/mol. The van der Waals surface area contributed by atoms with E-state index in [1.165, 1.54) is 60.9 Å². The fourth-order valence-electron chi connectivity index (χ4n) is 6.90. The van der Waals surface area contributed by atoms with Crippen LogP contribution in [0.1, 0.15) is 19.4 Å². The third-order valence-corrected chi connectivity index (χ3v) is 9.50. The third kappa shape index (κ3) is 5.93. The first-order chi connectivity index (χ1) is 24.7. The van der Waals surface area contributed by atoms with Crippen LogP contribution < -0.4 is 4.90 Å². The van der Waals surface area contributed by atoms with E-state index in [0.29, 0.717) is 0 Å². The molecule has 0 bridgehead atoms. The van der Waals surface area contributed by atoms with Gasteiger partial charge >= 0.3 is 0 Å². The molecule has 0 saturated carbocycles. The van der Waals surface area contributed by atoms with Gasteiger partial charge in [0.15, 0.2) is 0 Å². The predicted octanol–water partition coefficient (Wildman–Crippen LogP) is 13.6. The van der Waals surface area contributed by atoms with Gasteiger partial charge in [-0.1, -0.05) is 127 Å². The third-order valence-electron chi connectivity index (χ3n) is 9.50. The molecule has 50 heavy (non-hydrogen) atoms. The molecular weight excluding hydrogens is 605 g/mol. The van der Waals surface area contributed by atoms with E-state index in [-0.39, 0.29) is 0 Å². The van der Waals surface area contributed by atoms with Crippen molar-refractivity contribution in [3.8, 4) is 27.9 Å². The molecule has 240 valence electrons. The molecule has 0 aliphatic carbocycles. The summed E-state index contributed by atoms with van der Waals surface area (Å²) in [7, 11) is 0. The van der Waals surface area contributed by atoms with Crippen LogP contribution in [0.4, 0.5) is 17.1 Å². The van der Waals surface area contributed by atoms with E-state index in [2.05, 4.69) is 211 Å². The standard InChI is InChI=1S/C48H38N2/c1-3-4-13-35(2)36-20-27-42(28-21-36)49(43-29-22-38(23-30-43)37-14-7-5-8-15-37)44-31-24-39(25-32-44)40-26-33-48-46(34-40)45-18-11-12-19-47(45)50(48)41-16-9-6-10-17-41/h3-34H,1-2H3/b4-3-,35-13+. The summed E-state index contributed by atoms with van der Waals surface area (Å²) in [6.45, 7) is 4.20. The molecule has 0 amide bonds. The van der Waals surface area contributed by atoms with Crippen LogP contribution in [0.15, 0.2) is 194 Å². The predicted molar refractivity (Wildman–Crippen MR) is 215 cm³/mol. The number of allylic oxidation sites excluding steroid dienone is 4. The van der Waals surface area contributed by atoms with E-state index in [1.807, 2.05) is 6.92 Å². The van der Waals surface area contributed by atoms with Crippen LogP contribution in [-0.2, 0) is 0 Å². The minimum absolute atomic E-state index is 1.11. The lowest BCUT2D eigenvalue weighted by molar-refractivity contribution is 1.18. The van der Waals surface area contributed by atoms with Crippen molar-refractivity contribution in [2.45, 2.75) is 13.8 Å². The zero-order valence-electron chi connectivity index (χ0n) is 28.4. The molecule has 0 unspecified atom stereocenters. The highest BCUT2D eigenvalue weighted by molar-refractivity contribution is 6.10. The molecule has 0 saturated heterocycles. The van der Waals surface area contributed by atoms with Gasteiger partial charge < -0.3 is 9.47 Å². The van der Waals surface area contributed by atoms with Crippen molar-refractivity contribution in [1.82, 2.24) is 4.57 Å². The maximum Gasteiger partial charge on any atom is 0.0541 e. The summed E-state index contributed by atoms with van der Waals surface area (Å²) in [5.74, 6) is 0. The first-order valence-corrected chi connectivity index (χ1v) is 17.2. The Kier molecular flexibility index (Phi) is 8.42. The quantitative estimate of drug-likeness (QED) is 0.150. The van der Waals surface area contributed by atoms with Crippen LogP contribution in [0.25, 0.3) is 55.3 Å². The molecule has 1 aromatic heterocycles. The van der Waals surface area contributed by atoms with Gasteiger partial charge in [0.2, 0.25) is 0 Å². The van der Waals surface area contributed by atoms with Crippen molar-refractivity contribution < 1.29 is 0 Å². The van der Waals surface area contributed by atoms with Crippen molar-refractivity contribution in [3.63, 3.8) is 0 Å². The minimum Gasteiger partial charge on any atom is -0.311 e. The number of hydrogen-bond donors (Lipinski definition) is 0. The van der Waals surface area contributed by atoms with Gasteiger partial charge in [0, 0.05) is 33.5 Å². The van der Waals surface area contributed by atoms with Gasteiger partial charge in [-0.3, -0.25) is 0 Å². The van der Waals surface area contributed by atoms with E-state index in [9.17, 15) is 0 Å². The summed E-state index contributed by atoms with van der Waals surface area (Å²) in [5.41, 5.74) is 14.2. The summed E-state index contributed by atoms with van der Waals surface area (Å²) in [5, 5.41) is 2.51. The van der Waals surface area contributed by atoms with Crippen molar-refractivity contribution in [2.75, 3.05) is 4.90 Å². The highest BCUT2D eigenvalue weighted by Gasteiger charge is 2.16. The lowest BCUT2D eigenvalue weighted by Crippen LogP contribution is -2.09. The molecule has 0 spiro atoms. The first kappa shape index (κ1) is 30.9. The molecule has 2 nitrogen and oxygen atoms in total. The van der Waals surface area contributed by atoms with Gasteiger partial charge in [0.25, 0.3) is 0 Å². The Morgan fingerprint density at radius 3 is 1.62 bits per heavy atom. The van der Waals surface area contributed by atoms with Crippen LogP contribution >= 0.6 is 0 Å². The highest BCUT2D eigenvalue weighted by Crippen LogP contribution is 2.39. The second-order valence-electron chi connectivity index (χ2n) is 12.6. The molecule has 2 heteroatoms. The Hall–Kier alpha value is -6.38. The van der Waals surface area contributed by atoms with Crippen LogP contribution in [0.5, 0.6) is 0 Å². The Morgan fingerprint density at radius 1 is 0.480 bits per heavy atom. The maximum atomic E-state index is 2.36. The molecule has 0 aliphatic rings. The summed E-state index contributed by atoms with van der Waals surface area (Å²) in [6.07, 6.45) is 6.30. The number of aromatic nitrogens is 1. The van der Waals surface area contributed by atoms with Crippen molar-refractivity contribution >= 4 is 44.4 Å². The van der Waals surface area contributed by atoms with E-state index in [0.717, 1.165) is 17.1 Å². The zero-order chi connectivity index (χ0) is 33.9. The number of fused-ring (bicyclic) bond motifs is 3. The fraction of sp³-hybridized carbons (Fsp3) is 0.0417. The molecule has 8 aromatic rings. The number of nitrogens with zero attached hydrogens (tertiary/aromatic N) is 2. The molecule has 0 fully saturated rings. The number of rotatable bonds is 8. The first-order valence-electron chi connectivity index (χ1n) is 17.2. The average Bonchev–Trinajstić information content (AvgIpc) is 3.52. The van der Waals surface area contributed by atoms with Gasteiger partial charge in [0.1, 0.15) is 0 Å². The second-order valence-corrected chi connectivity index (χ2v) is 12.6. The van der Waals surface area contributed by atoms with Gasteiger partial charge in [-0.05, 0) is 114 Å². The van der Waals surface area contributed by atoms with Gasteiger partial charge in [0.05, 0.1) is 11.0 Å². The monoisotopic (exact) mass is 642 g/mol. The van der Waals surface area contributed by atoms with Crippen molar-refractivity contribution in [1.29, 1.82) is 0 Å². The summed E-state index contributed by atoms with van der Waals surface area (Å²) in [6, 6.07) is 63.4. The second kappa shape index (κ2) is 13.6. The molecule has 1 heterocycles. The molecule has 0 atom stereocenters. The molecule has 0 N–H and O–H groups in total. The Bertz CT molecular complexity index is 2450. The Balaban J connectivity index is 1.18. The summed E-state index contributed by atoms with van der Waals surface area (Å²) >= 11 is 0. The minimum atomic E-state index is 1.11. The Morgan fingerprint density at radius 2 is 0.980 bits per heavy atom. The van der Waals surface area contributed by atoms with Crippen LogP contribution in [-0.4, -0.2) is 4.57 Å². The Labute approximate surface area is 294 Å². The van der Waals surface area contributed by atoms with E-state index in [4.69, 9.17) is 0 Å². The molecule has 0 radical (unpaired) electrons.